The highest BCUT2D eigenvalue weighted by Gasteiger charge is 2.16. The van der Waals surface area contributed by atoms with E-state index in [4.69, 9.17) is 27.5 Å². The third-order valence-corrected chi connectivity index (χ3v) is 3.92. The summed E-state index contributed by atoms with van der Waals surface area (Å²) in [5.74, 6) is -0.334. The monoisotopic (exact) mass is 375 g/mol. The van der Waals surface area contributed by atoms with Gasteiger partial charge in [-0.05, 0) is 17.7 Å². The van der Waals surface area contributed by atoms with Crippen molar-refractivity contribution in [2.24, 2.45) is 5.73 Å². The van der Waals surface area contributed by atoms with Gasteiger partial charge in [0.1, 0.15) is 0 Å². The van der Waals surface area contributed by atoms with Crippen molar-refractivity contribution in [2.75, 3.05) is 19.7 Å². The minimum Gasteiger partial charge on any atom is -0.375 e. The summed E-state index contributed by atoms with van der Waals surface area (Å²) in [6.07, 6.45) is 2.03. The molecule has 26 heavy (non-hydrogen) atoms. The normalized spacial score (nSPS) is 10.3. The number of guanidine groups is 1. The van der Waals surface area contributed by atoms with Gasteiger partial charge in [0.05, 0.1) is 23.9 Å². The zero-order chi connectivity index (χ0) is 18.8. The molecule has 0 unspecified atom stereocenters. The van der Waals surface area contributed by atoms with E-state index in [9.17, 15) is 4.79 Å². The van der Waals surface area contributed by atoms with Gasteiger partial charge in [-0.3, -0.25) is 15.3 Å². The van der Waals surface area contributed by atoms with Crippen molar-refractivity contribution in [3.63, 3.8) is 0 Å². The van der Waals surface area contributed by atoms with Crippen LogP contribution in [0.5, 0.6) is 0 Å². The van der Waals surface area contributed by atoms with Crippen LogP contribution in [0.3, 0.4) is 0 Å². The number of ether oxygens (including phenoxy) is 1. The molecule has 1 heterocycles. The molecule has 138 valence electrons. The molecular formula is C18H22ClN5O2. The van der Waals surface area contributed by atoms with E-state index in [0.29, 0.717) is 36.9 Å². The number of hydrogen-bond donors (Lipinski definition) is 3. The summed E-state index contributed by atoms with van der Waals surface area (Å²) < 4.78 is 5.51. The maximum atomic E-state index is 12.2. The van der Waals surface area contributed by atoms with Crippen LogP contribution in [0.15, 0.2) is 48.7 Å². The fourth-order valence-electron chi connectivity index (χ4n) is 2.24. The Morgan fingerprint density at radius 1 is 1.27 bits per heavy atom. The molecule has 0 aliphatic rings. The van der Waals surface area contributed by atoms with Crippen molar-refractivity contribution in [1.82, 2.24) is 15.2 Å². The Morgan fingerprint density at radius 3 is 2.73 bits per heavy atom. The van der Waals surface area contributed by atoms with E-state index in [0.717, 1.165) is 10.5 Å². The van der Waals surface area contributed by atoms with E-state index in [1.54, 1.807) is 18.3 Å². The number of carbonyl (C=O) groups is 1. The molecule has 0 saturated carbocycles. The molecule has 7 nitrogen and oxygen atoms in total. The summed E-state index contributed by atoms with van der Waals surface area (Å²) in [6, 6.07) is 12.8. The lowest BCUT2D eigenvalue weighted by atomic mass is 10.2. The fourth-order valence-corrected chi connectivity index (χ4v) is 2.46. The van der Waals surface area contributed by atoms with Gasteiger partial charge in [0.2, 0.25) is 0 Å². The van der Waals surface area contributed by atoms with Crippen LogP contribution in [0.4, 0.5) is 4.79 Å². The van der Waals surface area contributed by atoms with Gasteiger partial charge in [-0.2, -0.15) is 0 Å². The van der Waals surface area contributed by atoms with E-state index in [-0.39, 0.29) is 12.5 Å². The number of carbonyl (C=O) groups excluding carboxylic acids is 1. The number of pyridine rings is 1. The van der Waals surface area contributed by atoms with Gasteiger partial charge in [-0.25, -0.2) is 4.79 Å². The average Bonchev–Trinajstić information content (AvgIpc) is 2.63. The lowest BCUT2D eigenvalue weighted by Gasteiger charge is -2.21. The zero-order valence-corrected chi connectivity index (χ0v) is 15.1. The highest BCUT2D eigenvalue weighted by atomic mass is 35.5. The molecule has 4 N–H and O–H groups in total. The second-order valence-corrected chi connectivity index (χ2v) is 5.90. The first-order valence-electron chi connectivity index (χ1n) is 8.18. The van der Waals surface area contributed by atoms with Gasteiger partial charge in [0, 0.05) is 25.7 Å². The minimum absolute atomic E-state index is 0.211. The van der Waals surface area contributed by atoms with Crippen molar-refractivity contribution in [1.29, 1.82) is 5.41 Å². The number of amides is 2. The van der Waals surface area contributed by atoms with Gasteiger partial charge < -0.3 is 15.8 Å². The molecule has 0 bridgehead atoms. The van der Waals surface area contributed by atoms with Crippen LogP contribution in [0.25, 0.3) is 0 Å². The molecule has 0 atom stereocenters. The molecule has 2 aromatic rings. The van der Waals surface area contributed by atoms with Crippen LogP contribution >= 0.6 is 11.6 Å². The Labute approximate surface area is 157 Å². The number of urea groups is 1. The number of halogens is 1. The van der Waals surface area contributed by atoms with Crippen molar-refractivity contribution in [3.8, 4) is 0 Å². The van der Waals surface area contributed by atoms with Gasteiger partial charge in [-0.1, -0.05) is 41.9 Å². The molecule has 0 radical (unpaired) electrons. The Balaban J connectivity index is 1.73. The fraction of sp³-hybridized carbons (Fsp3) is 0.278. The number of benzene rings is 1. The molecule has 0 saturated heterocycles. The maximum Gasteiger partial charge on any atom is 0.324 e. The van der Waals surface area contributed by atoms with Gasteiger partial charge in [0.15, 0.2) is 5.96 Å². The van der Waals surface area contributed by atoms with Crippen LogP contribution in [-0.4, -0.2) is 41.6 Å². The van der Waals surface area contributed by atoms with Gasteiger partial charge >= 0.3 is 6.03 Å². The summed E-state index contributed by atoms with van der Waals surface area (Å²) in [5.41, 5.74) is 7.23. The van der Waals surface area contributed by atoms with Crippen molar-refractivity contribution >= 4 is 23.6 Å². The molecule has 0 aliphatic heterocycles. The average molecular weight is 376 g/mol. The molecule has 0 fully saturated rings. The lowest BCUT2D eigenvalue weighted by molar-refractivity contribution is 0.122. The van der Waals surface area contributed by atoms with Crippen LogP contribution in [0.1, 0.15) is 11.3 Å². The van der Waals surface area contributed by atoms with Crippen molar-refractivity contribution in [3.05, 3.63) is 64.9 Å². The SMILES string of the molecule is N=C(N)N(CCc1ncccc1Cl)C(=O)NCCOCc1ccccc1. The maximum absolute atomic E-state index is 12.2. The molecule has 8 heteroatoms. The van der Waals surface area contributed by atoms with Gasteiger partial charge in [0.25, 0.3) is 0 Å². The first kappa shape index (κ1) is 19.7. The summed E-state index contributed by atoms with van der Waals surface area (Å²) in [6.45, 7) is 1.37. The van der Waals surface area contributed by atoms with Crippen LogP contribution in [0, 0.1) is 5.41 Å². The second-order valence-electron chi connectivity index (χ2n) is 5.49. The minimum atomic E-state index is -0.451. The molecular weight excluding hydrogens is 354 g/mol. The molecule has 0 aliphatic carbocycles. The summed E-state index contributed by atoms with van der Waals surface area (Å²) in [7, 11) is 0. The summed E-state index contributed by atoms with van der Waals surface area (Å²) >= 11 is 6.05. The second kappa shape index (κ2) is 10.4. The number of hydrogen-bond acceptors (Lipinski definition) is 4. The molecule has 2 rings (SSSR count). The van der Waals surface area contributed by atoms with Crippen LogP contribution in [0.2, 0.25) is 5.02 Å². The highest BCUT2D eigenvalue weighted by Crippen LogP contribution is 2.13. The molecule has 0 spiro atoms. The van der Waals surface area contributed by atoms with Crippen LogP contribution in [-0.2, 0) is 17.8 Å². The predicted molar refractivity (Wildman–Crippen MR) is 101 cm³/mol. The lowest BCUT2D eigenvalue weighted by Crippen LogP contribution is -2.48. The third kappa shape index (κ3) is 6.34. The van der Waals surface area contributed by atoms with E-state index < -0.39 is 6.03 Å². The van der Waals surface area contributed by atoms with Crippen molar-refractivity contribution < 1.29 is 9.53 Å². The van der Waals surface area contributed by atoms with E-state index in [1.807, 2.05) is 30.3 Å². The molecule has 1 aromatic heterocycles. The Morgan fingerprint density at radius 2 is 2.04 bits per heavy atom. The van der Waals surface area contributed by atoms with E-state index in [2.05, 4.69) is 10.3 Å². The predicted octanol–water partition coefficient (Wildman–Crippen LogP) is 2.40. The Hall–Kier alpha value is -2.64. The largest absolute Gasteiger partial charge is 0.375 e. The molecule has 1 aromatic carbocycles. The highest BCUT2D eigenvalue weighted by molar-refractivity contribution is 6.31. The number of nitrogens with one attached hydrogen (secondary N) is 2. The summed E-state index contributed by atoms with van der Waals surface area (Å²) in [4.78, 5) is 17.5. The number of aromatic nitrogens is 1. The summed E-state index contributed by atoms with van der Waals surface area (Å²) in [5, 5.41) is 10.8. The first-order chi connectivity index (χ1) is 12.6. The van der Waals surface area contributed by atoms with E-state index >= 15 is 0 Å². The van der Waals surface area contributed by atoms with E-state index in [1.165, 1.54) is 0 Å². The number of nitrogens with zero attached hydrogens (tertiary/aromatic N) is 2. The number of rotatable bonds is 8. The quantitative estimate of drug-likeness (QED) is 0.374. The zero-order valence-electron chi connectivity index (χ0n) is 14.3. The van der Waals surface area contributed by atoms with Crippen LogP contribution < -0.4 is 11.1 Å². The third-order valence-electron chi connectivity index (χ3n) is 3.58. The Kier molecular flexibility index (Phi) is 7.85. The standard InChI is InChI=1S/C18H22ClN5O2/c19-15-7-4-9-22-16(15)8-11-24(17(20)21)18(25)23-10-12-26-13-14-5-2-1-3-6-14/h1-7,9H,8,10-13H2,(H3,20,21)(H,23,25). The first-order valence-corrected chi connectivity index (χ1v) is 8.56. The number of nitrogens with two attached hydrogens (primary N) is 1. The Bertz CT molecular complexity index is 727. The topological polar surface area (TPSA) is 104 Å². The smallest absolute Gasteiger partial charge is 0.324 e. The molecule has 2 amide bonds. The van der Waals surface area contributed by atoms with Gasteiger partial charge in [-0.15, -0.1) is 0 Å². The van der Waals surface area contributed by atoms with Crippen molar-refractivity contribution in [2.45, 2.75) is 13.0 Å².